The molecule has 0 aliphatic rings. The highest BCUT2D eigenvalue weighted by molar-refractivity contribution is 5.83. The second-order valence-corrected chi connectivity index (χ2v) is 7.22. The van der Waals surface area contributed by atoms with Gasteiger partial charge in [-0.3, -0.25) is 5.32 Å². The van der Waals surface area contributed by atoms with Crippen LogP contribution in [0.4, 0.5) is 10.6 Å². The minimum Gasteiger partial charge on any atom is -0.444 e. The highest BCUT2D eigenvalue weighted by Crippen LogP contribution is 2.20. The highest BCUT2D eigenvalue weighted by atomic mass is 16.6. The van der Waals surface area contributed by atoms with Crippen LogP contribution in [0.2, 0.25) is 0 Å². The van der Waals surface area contributed by atoms with Crippen molar-refractivity contribution in [2.24, 2.45) is 0 Å². The number of amides is 1. The maximum atomic E-state index is 11.8. The van der Waals surface area contributed by atoms with Gasteiger partial charge >= 0.3 is 6.09 Å². The van der Waals surface area contributed by atoms with Crippen LogP contribution in [0, 0.1) is 6.92 Å². The fourth-order valence-electron chi connectivity index (χ4n) is 2.32. The van der Waals surface area contributed by atoms with Gasteiger partial charge in [0.15, 0.2) is 0 Å². The molecule has 140 valence electrons. The van der Waals surface area contributed by atoms with Crippen molar-refractivity contribution < 1.29 is 13.9 Å². The zero-order valence-electron chi connectivity index (χ0n) is 15.8. The molecule has 1 N–H and O–H groups in total. The summed E-state index contributed by atoms with van der Waals surface area (Å²) in [6.07, 6.45) is 1.58. The van der Waals surface area contributed by atoms with Crippen LogP contribution in [0.25, 0.3) is 11.5 Å². The van der Waals surface area contributed by atoms with Crippen molar-refractivity contribution in [3.8, 4) is 11.5 Å². The van der Waals surface area contributed by atoms with Crippen LogP contribution in [0.5, 0.6) is 0 Å². The maximum Gasteiger partial charge on any atom is 0.413 e. The summed E-state index contributed by atoms with van der Waals surface area (Å²) in [6.45, 7) is 7.44. The SMILES string of the molecule is Cc1ccc(Cc2nnc(-c3ccc(NC(=O)OC(C)(C)C)nc3)o2)cc1. The van der Waals surface area contributed by atoms with Gasteiger partial charge in [0.2, 0.25) is 11.8 Å². The van der Waals surface area contributed by atoms with Gasteiger partial charge in [0.25, 0.3) is 0 Å². The lowest BCUT2D eigenvalue weighted by Crippen LogP contribution is -2.27. The van der Waals surface area contributed by atoms with E-state index < -0.39 is 11.7 Å². The molecule has 27 heavy (non-hydrogen) atoms. The monoisotopic (exact) mass is 366 g/mol. The number of nitrogens with one attached hydrogen (secondary N) is 1. The van der Waals surface area contributed by atoms with E-state index in [1.165, 1.54) is 5.56 Å². The normalized spacial score (nSPS) is 11.3. The molecule has 7 heteroatoms. The molecule has 0 radical (unpaired) electrons. The predicted octanol–water partition coefficient (Wildman–Crippen LogP) is 4.38. The van der Waals surface area contributed by atoms with Crippen LogP contribution in [0.3, 0.4) is 0 Å². The number of aromatic nitrogens is 3. The Morgan fingerprint density at radius 3 is 2.48 bits per heavy atom. The number of nitrogens with zero attached hydrogens (tertiary/aromatic N) is 3. The average molecular weight is 366 g/mol. The van der Waals surface area contributed by atoms with Crippen LogP contribution < -0.4 is 5.32 Å². The van der Waals surface area contributed by atoms with Crippen LogP contribution in [0.15, 0.2) is 47.0 Å². The number of rotatable bonds is 4. The fraction of sp³-hybridized carbons (Fsp3) is 0.300. The van der Waals surface area contributed by atoms with Crippen LogP contribution >= 0.6 is 0 Å². The zero-order chi connectivity index (χ0) is 19.4. The largest absolute Gasteiger partial charge is 0.444 e. The standard InChI is InChI=1S/C20H22N4O3/c1-13-5-7-14(8-6-13)11-17-23-24-18(26-17)15-9-10-16(21-12-15)22-19(25)27-20(2,3)4/h5-10,12H,11H2,1-4H3,(H,21,22,25). The lowest BCUT2D eigenvalue weighted by atomic mass is 10.1. The molecule has 1 aromatic carbocycles. The van der Waals surface area contributed by atoms with Gasteiger partial charge in [-0.1, -0.05) is 29.8 Å². The van der Waals surface area contributed by atoms with Crippen molar-refractivity contribution in [1.29, 1.82) is 0 Å². The number of ether oxygens (including phenoxy) is 1. The molecule has 1 amide bonds. The van der Waals surface area contributed by atoms with Crippen molar-refractivity contribution in [2.75, 3.05) is 5.32 Å². The van der Waals surface area contributed by atoms with Crippen molar-refractivity contribution >= 4 is 11.9 Å². The van der Waals surface area contributed by atoms with E-state index in [1.54, 1.807) is 39.1 Å². The summed E-state index contributed by atoms with van der Waals surface area (Å²) in [7, 11) is 0. The Morgan fingerprint density at radius 1 is 1.11 bits per heavy atom. The molecule has 0 atom stereocenters. The van der Waals surface area contributed by atoms with Crippen molar-refractivity contribution in [2.45, 2.75) is 39.7 Å². The first-order valence-corrected chi connectivity index (χ1v) is 8.63. The first-order valence-electron chi connectivity index (χ1n) is 8.63. The van der Waals surface area contributed by atoms with Crippen LogP contribution in [0.1, 0.15) is 37.8 Å². The predicted molar refractivity (Wildman–Crippen MR) is 101 cm³/mol. The molecule has 0 aliphatic heterocycles. The molecule has 0 spiro atoms. The van der Waals surface area contributed by atoms with Gasteiger partial charge < -0.3 is 9.15 Å². The molecule has 2 heterocycles. The van der Waals surface area contributed by atoms with E-state index in [2.05, 4.69) is 20.5 Å². The third-order valence-corrected chi connectivity index (χ3v) is 3.58. The Balaban J connectivity index is 1.64. The Hall–Kier alpha value is -3.22. The van der Waals surface area contributed by atoms with Crippen LogP contribution in [-0.4, -0.2) is 26.9 Å². The number of pyridine rings is 1. The Labute approximate surface area is 157 Å². The lowest BCUT2D eigenvalue weighted by molar-refractivity contribution is 0.0635. The first kappa shape index (κ1) is 18.6. The third kappa shape index (κ3) is 5.37. The molecular weight excluding hydrogens is 344 g/mol. The number of hydrogen-bond donors (Lipinski definition) is 1. The second-order valence-electron chi connectivity index (χ2n) is 7.22. The van der Waals surface area contributed by atoms with E-state index in [-0.39, 0.29) is 0 Å². The Bertz CT molecular complexity index is 910. The molecule has 0 unspecified atom stereocenters. The van der Waals surface area contributed by atoms with Gasteiger partial charge in [-0.05, 0) is 45.4 Å². The van der Waals surface area contributed by atoms with Crippen molar-refractivity contribution in [3.05, 3.63) is 59.6 Å². The highest BCUT2D eigenvalue weighted by Gasteiger charge is 2.17. The number of benzene rings is 1. The van der Waals surface area contributed by atoms with Crippen LogP contribution in [-0.2, 0) is 11.2 Å². The minimum absolute atomic E-state index is 0.382. The van der Waals surface area contributed by atoms with Gasteiger partial charge in [0, 0.05) is 6.20 Å². The quantitative estimate of drug-likeness (QED) is 0.737. The van der Waals surface area contributed by atoms with E-state index in [4.69, 9.17) is 9.15 Å². The summed E-state index contributed by atoms with van der Waals surface area (Å²) >= 11 is 0. The minimum atomic E-state index is -0.568. The van der Waals surface area contributed by atoms with Gasteiger partial charge in [0.05, 0.1) is 12.0 Å². The molecule has 0 saturated heterocycles. The Morgan fingerprint density at radius 2 is 1.85 bits per heavy atom. The molecular formula is C20H22N4O3. The second kappa shape index (κ2) is 7.57. The molecule has 3 aromatic rings. The van der Waals surface area contributed by atoms with Gasteiger partial charge in [-0.15, -0.1) is 10.2 Å². The molecule has 0 aliphatic carbocycles. The van der Waals surface area contributed by atoms with E-state index in [0.717, 1.165) is 5.56 Å². The zero-order valence-corrected chi connectivity index (χ0v) is 15.8. The summed E-state index contributed by atoms with van der Waals surface area (Å²) < 4.78 is 10.9. The summed E-state index contributed by atoms with van der Waals surface area (Å²) in [6, 6.07) is 11.6. The summed E-state index contributed by atoms with van der Waals surface area (Å²) in [4.78, 5) is 16.0. The van der Waals surface area contributed by atoms with E-state index in [9.17, 15) is 4.79 Å². The number of hydrogen-bond acceptors (Lipinski definition) is 6. The number of aryl methyl sites for hydroxylation is 1. The van der Waals surface area contributed by atoms with E-state index >= 15 is 0 Å². The van der Waals surface area contributed by atoms with E-state index in [1.807, 2.05) is 31.2 Å². The van der Waals surface area contributed by atoms with Crippen molar-refractivity contribution in [1.82, 2.24) is 15.2 Å². The number of anilines is 1. The fourth-order valence-corrected chi connectivity index (χ4v) is 2.32. The third-order valence-electron chi connectivity index (χ3n) is 3.58. The topological polar surface area (TPSA) is 90.1 Å². The summed E-state index contributed by atoms with van der Waals surface area (Å²) in [5.41, 5.74) is 2.41. The van der Waals surface area contributed by atoms with Gasteiger partial charge in [-0.25, -0.2) is 9.78 Å². The molecule has 0 fully saturated rings. The molecule has 7 nitrogen and oxygen atoms in total. The lowest BCUT2D eigenvalue weighted by Gasteiger charge is -2.19. The number of carbonyl (C=O) groups excluding carboxylic acids is 1. The molecule has 2 aromatic heterocycles. The number of carbonyl (C=O) groups is 1. The first-order chi connectivity index (χ1) is 12.8. The summed E-state index contributed by atoms with van der Waals surface area (Å²) in [5, 5.41) is 10.7. The molecule has 0 saturated carbocycles. The van der Waals surface area contributed by atoms with Gasteiger partial charge in [0.1, 0.15) is 11.4 Å². The van der Waals surface area contributed by atoms with Gasteiger partial charge in [-0.2, -0.15) is 0 Å². The summed E-state index contributed by atoms with van der Waals surface area (Å²) in [5.74, 6) is 1.30. The average Bonchev–Trinajstić information content (AvgIpc) is 3.04. The van der Waals surface area contributed by atoms with Crippen molar-refractivity contribution in [3.63, 3.8) is 0 Å². The molecule has 3 rings (SSSR count). The molecule has 0 bridgehead atoms. The van der Waals surface area contributed by atoms with E-state index in [0.29, 0.717) is 29.6 Å². The Kier molecular flexibility index (Phi) is 5.21. The maximum absolute atomic E-state index is 11.8. The smallest absolute Gasteiger partial charge is 0.413 e.